The second kappa shape index (κ2) is 5.57. The number of nitrogens with zero attached hydrogens (tertiary/aromatic N) is 3. The lowest BCUT2D eigenvalue weighted by atomic mass is 9.74. The van der Waals surface area contributed by atoms with E-state index in [0.29, 0.717) is 18.5 Å². The Morgan fingerprint density at radius 3 is 2.79 bits per heavy atom. The van der Waals surface area contributed by atoms with Crippen molar-refractivity contribution < 1.29 is 4.74 Å². The maximum Gasteiger partial charge on any atom is 0.291 e. The molecule has 5 nitrogen and oxygen atoms in total. The van der Waals surface area contributed by atoms with Crippen molar-refractivity contribution in [1.82, 2.24) is 9.88 Å². The zero-order valence-electron chi connectivity index (χ0n) is 13.4. The fourth-order valence-corrected chi connectivity index (χ4v) is 4.93. The van der Waals surface area contributed by atoms with Crippen LogP contribution >= 0.6 is 11.3 Å². The zero-order chi connectivity index (χ0) is 16.0. The first-order valence-electron chi connectivity index (χ1n) is 8.54. The van der Waals surface area contributed by atoms with Crippen molar-refractivity contribution in [1.29, 1.82) is 0 Å². The van der Waals surface area contributed by atoms with Crippen LogP contribution in [-0.4, -0.2) is 47.7 Å². The summed E-state index contributed by atoms with van der Waals surface area (Å²) in [5, 5.41) is 4.12. The molecule has 0 saturated carbocycles. The Balaban J connectivity index is 1.34. The SMILES string of the molecule is c1ccc(-c2cnc(NC3=NC4(CO3)CN3CCC4CC3)s2)cc1. The molecule has 6 rings (SSSR count). The van der Waals surface area contributed by atoms with E-state index in [9.17, 15) is 0 Å². The fourth-order valence-electron chi connectivity index (χ4n) is 4.12. The normalized spacial score (nSPS) is 31.1. The highest BCUT2D eigenvalue weighted by Gasteiger charge is 2.50. The second-order valence-corrected chi connectivity index (χ2v) is 7.91. The molecule has 1 spiro atoms. The maximum absolute atomic E-state index is 5.90. The lowest BCUT2D eigenvalue weighted by molar-refractivity contribution is 0.0167. The number of aliphatic imine (C=N–C) groups is 1. The Morgan fingerprint density at radius 2 is 2.04 bits per heavy atom. The number of benzene rings is 1. The predicted octanol–water partition coefficient (Wildman–Crippen LogP) is 3.07. The Hall–Kier alpha value is -1.92. The van der Waals surface area contributed by atoms with Gasteiger partial charge in [0.25, 0.3) is 6.02 Å². The van der Waals surface area contributed by atoms with Crippen molar-refractivity contribution in [3.05, 3.63) is 36.5 Å². The van der Waals surface area contributed by atoms with Crippen molar-refractivity contribution in [3.8, 4) is 10.4 Å². The average molecular weight is 340 g/mol. The molecule has 4 aliphatic rings. The molecular formula is C18H20N4OS. The largest absolute Gasteiger partial charge is 0.462 e. The number of fused-ring (bicyclic) bond motifs is 2. The Labute approximate surface area is 145 Å². The van der Waals surface area contributed by atoms with E-state index in [1.54, 1.807) is 11.3 Å². The highest BCUT2D eigenvalue weighted by Crippen LogP contribution is 2.41. The third-order valence-corrected chi connectivity index (χ3v) is 6.37. The van der Waals surface area contributed by atoms with E-state index < -0.39 is 0 Å². The summed E-state index contributed by atoms with van der Waals surface area (Å²) >= 11 is 1.63. The minimum Gasteiger partial charge on any atom is -0.462 e. The quantitative estimate of drug-likeness (QED) is 0.913. The Kier molecular flexibility index (Phi) is 3.35. The monoisotopic (exact) mass is 340 g/mol. The summed E-state index contributed by atoms with van der Waals surface area (Å²) in [5.41, 5.74) is 1.16. The standard InChI is InChI=1S/C18H20N4OS/c1-2-4-13(5-3-1)15-10-19-17(24-15)20-16-21-18(12-23-16)11-22-8-6-14(18)7-9-22/h1-5,10,14H,6-9,11-12H2,(H,19,20,21). The van der Waals surface area contributed by atoms with Crippen LogP contribution < -0.4 is 5.32 Å². The summed E-state index contributed by atoms with van der Waals surface area (Å²) in [6, 6.07) is 11.0. The molecule has 24 heavy (non-hydrogen) atoms. The lowest BCUT2D eigenvalue weighted by Crippen LogP contribution is -2.58. The summed E-state index contributed by atoms with van der Waals surface area (Å²) in [6.07, 6.45) is 4.40. The third-order valence-electron chi connectivity index (χ3n) is 5.41. The summed E-state index contributed by atoms with van der Waals surface area (Å²) < 4.78 is 5.90. The molecule has 4 aliphatic heterocycles. The van der Waals surface area contributed by atoms with Crippen LogP contribution in [0.5, 0.6) is 0 Å². The first kappa shape index (κ1) is 14.4. The van der Waals surface area contributed by atoms with Gasteiger partial charge in [-0.2, -0.15) is 0 Å². The molecular weight excluding hydrogens is 320 g/mol. The topological polar surface area (TPSA) is 49.8 Å². The number of thiazole rings is 1. The van der Waals surface area contributed by atoms with Crippen molar-refractivity contribution in [2.24, 2.45) is 10.9 Å². The predicted molar refractivity (Wildman–Crippen MR) is 96.5 cm³/mol. The van der Waals surface area contributed by atoms with Crippen LogP contribution in [-0.2, 0) is 4.74 Å². The number of hydrogen-bond donors (Lipinski definition) is 1. The number of amidine groups is 1. The van der Waals surface area contributed by atoms with E-state index in [4.69, 9.17) is 9.73 Å². The van der Waals surface area contributed by atoms with Crippen LogP contribution in [0.15, 0.2) is 41.5 Å². The van der Waals surface area contributed by atoms with Gasteiger partial charge in [0, 0.05) is 12.7 Å². The van der Waals surface area contributed by atoms with E-state index in [1.807, 2.05) is 24.4 Å². The van der Waals surface area contributed by atoms with Gasteiger partial charge in [-0.25, -0.2) is 9.98 Å². The minimum atomic E-state index is -0.0294. The molecule has 3 fully saturated rings. The van der Waals surface area contributed by atoms with Crippen LogP contribution in [0.1, 0.15) is 12.8 Å². The number of aromatic nitrogens is 1. The van der Waals surface area contributed by atoms with Gasteiger partial charge in [0.15, 0.2) is 5.13 Å². The molecule has 1 aromatic carbocycles. The lowest BCUT2D eigenvalue weighted by Gasteiger charge is -2.48. The molecule has 6 heteroatoms. The Morgan fingerprint density at radius 1 is 1.21 bits per heavy atom. The van der Waals surface area contributed by atoms with Gasteiger partial charge >= 0.3 is 0 Å². The molecule has 5 heterocycles. The number of rotatable bonds is 2. The van der Waals surface area contributed by atoms with Gasteiger partial charge in [0.1, 0.15) is 12.1 Å². The second-order valence-electron chi connectivity index (χ2n) is 6.88. The molecule has 1 unspecified atom stereocenters. The summed E-state index contributed by atoms with van der Waals surface area (Å²) in [7, 11) is 0. The zero-order valence-corrected chi connectivity index (χ0v) is 14.3. The van der Waals surface area contributed by atoms with Crippen molar-refractivity contribution in [2.45, 2.75) is 18.4 Å². The van der Waals surface area contributed by atoms with Crippen LogP contribution in [0.2, 0.25) is 0 Å². The van der Waals surface area contributed by atoms with E-state index >= 15 is 0 Å². The Bertz CT molecular complexity index is 766. The molecule has 2 bridgehead atoms. The molecule has 1 atom stereocenters. The molecule has 0 amide bonds. The van der Waals surface area contributed by atoms with Crippen molar-refractivity contribution >= 4 is 22.5 Å². The van der Waals surface area contributed by atoms with E-state index in [-0.39, 0.29) is 5.54 Å². The fraction of sp³-hybridized carbons (Fsp3) is 0.444. The average Bonchev–Trinajstić information content (AvgIpc) is 3.25. The molecule has 2 aromatic rings. The first-order chi connectivity index (χ1) is 11.8. The highest BCUT2D eigenvalue weighted by atomic mass is 32.1. The summed E-state index contributed by atoms with van der Waals surface area (Å²) in [5.74, 6) is 0.665. The van der Waals surface area contributed by atoms with Gasteiger partial charge in [-0.05, 0) is 37.4 Å². The van der Waals surface area contributed by atoms with E-state index in [0.717, 1.165) is 16.6 Å². The number of piperidine rings is 3. The van der Waals surface area contributed by atoms with Crippen molar-refractivity contribution in [2.75, 3.05) is 31.6 Å². The molecule has 124 valence electrons. The number of nitrogens with one attached hydrogen (secondary N) is 1. The molecule has 1 aromatic heterocycles. The van der Waals surface area contributed by atoms with Crippen LogP contribution in [0.3, 0.4) is 0 Å². The van der Waals surface area contributed by atoms with Crippen LogP contribution in [0, 0.1) is 5.92 Å². The highest BCUT2D eigenvalue weighted by molar-refractivity contribution is 7.19. The van der Waals surface area contributed by atoms with E-state index in [1.165, 1.54) is 31.5 Å². The van der Waals surface area contributed by atoms with Crippen molar-refractivity contribution in [3.63, 3.8) is 0 Å². The molecule has 3 saturated heterocycles. The summed E-state index contributed by atoms with van der Waals surface area (Å²) in [6.45, 7) is 4.18. The van der Waals surface area contributed by atoms with Gasteiger partial charge in [-0.15, -0.1) is 0 Å². The summed E-state index contributed by atoms with van der Waals surface area (Å²) in [4.78, 5) is 13.1. The smallest absolute Gasteiger partial charge is 0.291 e. The van der Waals surface area contributed by atoms with Crippen LogP contribution in [0.25, 0.3) is 10.4 Å². The van der Waals surface area contributed by atoms with Crippen LogP contribution in [0.4, 0.5) is 5.13 Å². The maximum atomic E-state index is 5.90. The first-order valence-corrected chi connectivity index (χ1v) is 9.36. The van der Waals surface area contributed by atoms with Gasteiger partial charge in [0.05, 0.1) is 4.88 Å². The molecule has 0 aliphatic carbocycles. The van der Waals surface area contributed by atoms with Gasteiger partial charge in [-0.3, -0.25) is 5.32 Å². The molecule has 0 radical (unpaired) electrons. The number of anilines is 1. The third kappa shape index (κ3) is 2.41. The van der Waals surface area contributed by atoms with Gasteiger partial charge < -0.3 is 9.64 Å². The number of ether oxygens (including phenoxy) is 1. The number of hydrogen-bond acceptors (Lipinski definition) is 6. The van der Waals surface area contributed by atoms with Gasteiger partial charge in [0.2, 0.25) is 0 Å². The van der Waals surface area contributed by atoms with E-state index in [2.05, 4.69) is 27.3 Å². The molecule has 1 N–H and O–H groups in total. The minimum absolute atomic E-state index is 0.0294. The van der Waals surface area contributed by atoms with Gasteiger partial charge in [-0.1, -0.05) is 41.7 Å².